The molecule has 116 valence electrons. The molecule has 0 atom stereocenters. The molecule has 0 radical (unpaired) electrons. The molecule has 1 fully saturated rings. The van der Waals surface area contributed by atoms with Crippen molar-refractivity contribution in [1.82, 2.24) is 5.32 Å². The van der Waals surface area contributed by atoms with Crippen LogP contribution in [0, 0.1) is 5.41 Å². The highest BCUT2D eigenvalue weighted by Gasteiger charge is 2.31. The predicted molar refractivity (Wildman–Crippen MR) is 90.5 cm³/mol. The summed E-state index contributed by atoms with van der Waals surface area (Å²) in [6.07, 6.45) is 5.59. The third-order valence-electron chi connectivity index (χ3n) is 4.09. The zero-order valence-electron chi connectivity index (χ0n) is 12.1. The van der Waals surface area contributed by atoms with Crippen LogP contribution in [0.2, 0.25) is 0 Å². The molecule has 0 saturated heterocycles. The van der Waals surface area contributed by atoms with E-state index in [1.807, 2.05) is 24.3 Å². The Hall–Kier alpha value is -0.520. The lowest BCUT2D eigenvalue weighted by Crippen LogP contribution is -2.42. The number of nitrogens with one attached hydrogen (secondary N) is 1. The maximum atomic E-state index is 12.0. The summed E-state index contributed by atoms with van der Waals surface area (Å²) in [4.78, 5) is 13.0. The normalized spacial score (nSPS) is 17.4. The standard InChI is InChI=1S/C16H22BrNO2S/c17-13-4-6-14(7-5-13)21-10-15(20)18-11-16(12-19)8-2-1-3-9-16/h4-7,19H,1-3,8-12H2,(H,18,20). The Morgan fingerprint density at radius 3 is 2.52 bits per heavy atom. The van der Waals surface area contributed by atoms with E-state index in [9.17, 15) is 9.90 Å². The molecule has 0 bridgehead atoms. The molecule has 1 aliphatic rings. The Morgan fingerprint density at radius 2 is 1.90 bits per heavy atom. The molecule has 2 N–H and O–H groups in total. The summed E-state index contributed by atoms with van der Waals surface area (Å²) in [5, 5.41) is 12.6. The SMILES string of the molecule is O=C(CSc1ccc(Br)cc1)NCC1(CO)CCCCC1. The molecular weight excluding hydrogens is 350 g/mol. The van der Waals surface area contributed by atoms with E-state index < -0.39 is 0 Å². The molecule has 1 aromatic rings. The van der Waals surface area contributed by atoms with Crippen molar-refractivity contribution in [3.63, 3.8) is 0 Å². The maximum absolute atomic E-state index is 12.0. The van der Waals surface area contributed by atoms with Crippen LogP contribution in [0.5, 0.6) is 0 Å². The summed E-state index contributed by atoms with van der Waals surface area (Å²) < 4.78 is 1.04. The number of benzene rings is 1. The van der Waals surface area contributed by atoms with E-state index >= 15 is 0 Å². The Labute approximate surface area is 139 Å². The third kappa shape index (κ3) is 5.31. The molecule has 0 heterocycles. The number of amides is 1. The fraction of sp³-hybridized carbons (Fsp3) is 0.562. The van der Waals surface area contributed by atoms with Crippen LogP contribution in [-0.2, 0) is 4.79 Å². The Bertz CT molecular complexity index is 458. The van der Waals surface area contributed by atoms with E-state index in [-0.39, 0.29) is 17.9 Å². The van der Waals surface area contributed by atoms with Crippen LogP contribution in [0.3, 0.4) is 0 Å². The molecule has 1 aromatic carbocycles. The number of aliphatic hydroxyl groups is 1. The molecule has 0 spiro atoms. The van der Waals surface area contributed by atoms with E-state index in [1.165, 1.54) is 18.2 Å². The molecule has 1 aliphatic carbocycles. The zero-order valence-corrected chi connectivity index (χ0v) is 14.5. The second-order valence-electron chi connectivity index (χ2n) is 5.74. The Kier molecular flexibility index (Phi) is 6.58. The predicted octanol–water partition coefficient (Wildman–Crippen LogP) is 3.60. The van der Waals surface area contributed by atoms with Crippen molar-refractivity contribution >= 4 is 33.6 Å². The minimum absolute atomic E-state index is 0.0429. The molecule has 5 heteroatoms. The van der Waals surface area contributed by atoms with Crippen molar-refractivity contribution in [2.24, 2.45) is 5.41 Å². The molecule has 1 amide bonds. The van der Waals surface area contributed by atoms with Gasteiger partial charge in [-0.05, 0) is 37.1 Å². The second-order valence-corrected chi connectivity index (χ2v) is 7.70. The van der Waals surface area contributed by atoms with Gasteiger partial charge in [0.15, 0.2) is 0 Å². The van der Waals surface area contributed by atoms with E-state index in [0.29, 0.717) is 12.3 Å². The molecule has 3 nitrogen and oxygen atoms in total. The highest BCUT2D eigenvalue weighted by Crippen LogP contribution is 2.35. The number of hydrogen-bond donors (Lipinski definition) is 2. The van der Waals surface area contributed by atoms with Crippen molar-refractivity contribution in [1.29, 1.82) is 0 Å². The fourth-order valence-corrected chi connectivity index (χ4v) is 3.70. The zero-order chi connectivity index (χ0) is 15.1. The summed E-state index contributed by atoms with van der Waals surface area (Å²) in [7, 11) is 0. The fourth-order valence-electron chi connectivity index (χ4n) is 2.71. The summed E-state index contributed by atoms with van der Waals surface area (Å²) in [6, 6.07) is 7.95. The number of aliphatic hydroxyl groups excluding tert-OH is 1. The van der Waals surface area contributed by atoms with Crippen LogP contribution in [0.4, 0.5) is 0 Å². The van der Waals surface area contributed by atoms with E-state index in [0.717, 1.165) is 35.1 Å². The second kappa shape index (κ2) is 8.20. The monoisotopic (exact) mass is 371 g/mol. The van der Waals surface area contributed by atoms with Crippen LogP contribution in [0.25, 0.3) is 0 Å². The first-order valence-corrected chi connectivity index (χ1v) is 9.17. The highest BCUT2D eigenvalue weighted by molar-refractivity contribution is 9.10. The summed E-state index contributed by atoms with van der Waals surface area (Å²) in [5.41, 5.74) is -0.0871. The maximum Gasteiger partial charge on any atom is 0.230 e. The number of halogens is 1. The minimum atomic E-state index is -0.0871. The lowest BCUT2D eigenvalue weighted by molar-refractivity contribution is -0.119. The molecule has 1 saturated carbocycles. The van der Waals surface area contributed by atoms with E-state index in [4.69, 9.17) is 0 Å². The summed E-state index contributed by atoms with van der Waals surface area (Å²) in [6.45, 7) is 0.774. The summed E-state index contributed by atoms with van der Waals surface area (Å²) in [5.74, 6) is 0.463. The van der Waals surface area contributed by atoms with Gasteiger partial charge in [0.05, 0.1) is 12.4 Å². The van der Waals surface area contributed by atoms with Crippen molar-refractivity contribution < 1.29 is 9.90 Å². The van der Waals surface area contributed by atoms with Gasteiger partial charge in [0.1, 0.15) is 0 Å². The van der Waals surface area contributed by atoms with Crippen LogP contribution < -0.4 is 5.32 Å². The van der Waals surface area contributed by atoms with Gasteiger partial charge in [0, 0.05) is 21.3 Å². The minimum Gasteiger partial charge on any atom is -0.396 e. The molecule has 0 aliphatic heterocycles. The van der Waals surface area contributed by atoms with Crippen LogP contribution >= 0.6 is 27.7 Å². The molecule has 2 rings (SSSR count). The number of carbonyl (C=O) groups excluding carboxylic acids is 1. The van der Waals surface area contributed by atoms with Gasteiger partial charge in [-0.3, -0.25) is 4.79 Å². The van der Waals surface area contributed by atoms with Gasteiger partial charge in [-0.1, -0.05) is 35.2 Å². The molecular formula is C16H22BrNO2S. The van der Waals surface area contributed by atoms with Gasteiger partial charge in [0.2, 0.25) is 5.91 Å². The highest BCUT2D eigenvalue weighted by atomic mass is 79.9. The summed E-state index contributed by atoms with van der Waals surface area (Å²) >= 11 is 4.93. The van der Waals surface area contributed by atoms with E-state index in [2.05, 4.69) is 21.2 Å². The Morgan fingerprint density at radius 1 is 1.24 bits per heavy atom. The van der Waals surface area contributed by atoms with Gasteiger partial charge in [-0.25, -0.2) is 0 Å². The number of thioether (sulfide) groups is 1. The van der Waals surface area contributed by atoms with Crippen LogP contribution in [0.15, 0.2) is 33.6 Å². The average Bonchev–Trinajstić information content (AvgIpc) is 2.53. The van der Waals surface area contributed by atoms with Gasteiger partial charge < -0.3 is 10.4 Å². The van der Waals surface area contributed by atoms with Crippen molar-refractivity contribution in [2.45, 2.75) is 37.0 Å². The van der Waals surface area contributed by atoms with Crippen LogP contribution in [-0.4, -0.2) is 29.9 Å². The Balaban J connectivity index is 1.75. The molecule has 21 heavy (non-hydrogen) atoms. The average molecular weight is 372 g/mol. The van der Waals surface area contributed by atoms with Crippen LogP contribution in [0.1, 0.15) is 32.1 Å². The number of hydrogen-bond acceptors (Lipinski definition) is 3. The van der Waals surface area contributed by atoms with Gasteiger partial charge in [0.25, 0.3) is 0 Å². The first-order chi connectivity index (χ1) is 10.1. The smallest absolute Gasteiger partial charge is 0.230 e. The van der Waals surface area contributed by atoms with Crippen molar-refractivity contribution in [3.05, 3.63) is 28.7 Å². The lowest BCUT2D eigenvalue weighted by Gasteiger charge is -2.35. The number of carbonyl (C=O) groups is 1. The van der Waals surface area contributed by atoms with Crippen molar-refractivity contribution in [2.75, 3.05) is 18.9 Å². The number of rotatable bonds is 6. The van der Waals surface area contributed by atoms with Gasteiger partial charge >= 0.3 is 0 Å². The first kappa shape index (κ1) is 16.8. The van der Waals surface area contributed by atoms with E-state index in [1.54, 1.807) is 0 Å². The topological polar surface area (TPSA) is 49.3 Å². The molecule has 0 aromatic heterocycles. The first-order valence-electron chi connectivity index (χ1n) is 7.39. The lowest BCUT2D eigenvalue weighted by atomic mass is 9.74. The van der Waals surface area contributed by atoms with Gasteiger partial charge in [-0.2, -0.15) is 0 Å². The van der Waals surface area contributed by atoms with Crippen molar-refractivity contribution in [3.8, 4) is 0 Å². The quantitative estimate of drug-likeness (QED) is 0.751. The third-order valence-corrected chi connectivity index (χ3v) is 5.63. The largest absolute Gasteiger partial charge is 0.396 e. The molecule has 0 unspecified atom stereocenters. The van der Waals surface area contributed by atoms with Gasteiger partial charge in [-0.15, -0.1) is 11.8 Å².